The van der Waals surface area contributed by atoms with Crippen LogP contribution in [0.5, 0.6) is 0 Å². The van der Waals surface area contributed by atoms with Gasteiger partial charge in [0, 0.05) is 11.6 Å². The maximum atomic E-state index is 13.6. The van der Waals surface area contributed by atoms with Crippen molar-refractivity contribution >= 4 is 28.9 Å². The van der Waals surface area contributed by atoms with Crippen LogP contribution in [0.25, 0.3) is 0 Å². The molecule has 4 heteroatoms. The first-order valence-corrected chi connectivity index (χ1v) is 8.07. The van der Waals surface area contributed by atoms with Gasteiger partial charge in [-0.15, -0.1) is 0 Å². The van der Waals surface area contributed by atoms with Crippen LogP contribution in [0.2, 0.25) is 10.0 Å². The monoisotopic (exact) mass is 333 g/mol. The zero-order valence-corrected chi connectivity index (χ0v) is 13.2. The molecule has 22 heavy (non-hydrogen) atoms. The van der Waals surface area contributed by atoms with Crippen LogP contribution in [0.4, 0.5) is 10.1 Å². The van der Waals surface area contributed by atoms with Crippen molar-refractivity contribution in [1.82, 2.24) is 0 Å². The highest BCUT2D eigenvalue weighted by Crippen LogP contribution is 2.51. The van der Waals surface area contributed by atoms with Gasteiger partial charge in [0.25, 0.3) is 0 Å². The summed E-state index contributed by atoms with van der Waals surface area (Å²) in [5, 5.41) is 4.69. The average Bonchev–Trinajstić information content (AvgIpc) is 2.99. The van der Waals surface area contributed by atoms with Crippen LogP contribution in [-0.2, 0) is 0 Å². The number of hydrogen-bond donors (Lipinski definition) is 1. The van der Waals surface area contributed by atoms with Gasteiger partial charge in [-0.25, -0.2) is 4.39 Å². The van der Waals surface area contributed by atoms with Crippen molar-refractivity contribution in [3.63, 3.8) is 0 Å². The summed E-state index contributed by atoms with van der Waals surface area (Å²) >= 11 is 12.6. The molecule has 1 heterocycles. The Morgan fingerprint density at radius 1 is 1.09 bits per heavy atom. The fourth-order valence-electron chi connectivity index (χ4n) is 3.63. The Bertz CT molecular complexity index is 772. The Morgan fingerprint density at radius 2 is 1.95 bits per heavy atom. The maximum absolute atomic E-state index is 13.6. The van der Waals surface area contributed by atoms with Crippen molar-refractivity contribution in [3.05, 3.63) is 75.5 Å². The van der Waals surface area contributed by atoms with Crippen LogP contribution < -0.4 is 5.32 Å². The lowest BCUT2D eigenvalue weighted by atomic mass is 9.77. The molecule has 1 aliphatic heterocycles. The lowest BCUT2D eigenvalue weighted by molar-refractivity contribution is 0.424. The smallest absolute Gasteiger partial charge is 0.123 e. The Labute approximate surface area is 138 Å². The second kappa shape index (κ2) is 5.29. The van der Waals surface area contributed by atoms with E-state index in [1.165, 1.54) is 6.07 Å². The molecular weight excluding hydrogens is 320 g/mol. The van der Waals surface area contributed by atoms with Crippen molar-refractivity contribution < 1.29 is 4.39 Å². The van der Waals surface area contributed by atoms with E-state index >= 15 is 0 Å². The zero-order chi connectivity index (χ0) is 15.3. The van der Waals surface area contributed by atoms with Gasteiger partial charge in [0.1, 0.15) is 5.82 Å². The van der Waals surface area contributed by atoms with Crippen molar-refractivity contribution in [2.45, 2.75) is 18.4 Å². The largest absolute Gasteiger partial charge is 0.378 e. The van der Waals surface area contributed by atoms with Crippen molar-refractivity contribution in [2.24, 2.45) is 5.92 Å². The molecule has 2 aliphatic rings. The van der Waals surface area contributed by atoms with Gasteiger partial charge in [-0.3, -0.25) is 0 Å². The molecule has 0 saturated carbocycles. The molecule has 112 valence electrons. The first-order chi connectivity index (χ1) is 10.6. The molecule has 2 aromatic carbocycles. The third kappa shape index (κ3) is 2.13. The lowest BCUT2D eigenvalue weighted by Gasteiger charge is -2.38. The van der Waals surface area contributed by atoms with E-state index in [-0.39, 0.29) is 17.8 Å². The van der Waals surface area contributed by atoms with E-state index in [1.54, 1.807) is 18.2 Å². The summed E-state index contributed by atoms with van der Waals surface area (Å²) in [4.78, 5) is 0. The van der Waals surface area contributed by atoms with Gasteiger partial charge in [0.05, 0.1) is 16.1 Å². The molecule has 4 rings (SSSR count). The number of halogens is 3. The SMILES string of the molecule is Fc1ccc2c(c1)[C@H]1C=CC[C@@H]1[C@@H](c1cccc(Cl)c1Cl)N2. The number of anilines is 1. The third-order valence-electron chi connectivity index (χ3n) is 4.64. The van der Waals surface area contributed by atoms with Gasteiger partial charge in [0.2, 0.25) is 0 Å². The maximum Gasteiger partial charge on any atom is 0.123 e. The molecule has 0 amide bonds. The topological polar surface area (TPSA) is 12.0 Å². The van der Waals surface area contributed by atoms with Crippen molar-refractivity contribution in [3.8, 4) is 0 Å². The number of rotatable bonds is 1. The number of benzene rings is 2. The van der Waals surface area contributed by atoms with Gasteiger partial charge in [0.15, 0.2) is 0 Å². The highest BCUT2D eigenvalue weighted by molar-refractivity contribution is 6.42. The van der Waals surface area contributed by atoms with E-state index in [0.29, 0.717) is 16.0 Å². The summed E-state index contributed by atoms with van der Waals surface area (Å²) in [6.07, 6.45) is 5.29. The standard InChI is InChI=1S/C18H14Cl2FN/c19-15-6-2-5-13(17(15)20)18-12-4-1-3-11(12)14-9-10(21)7-8-16(14)22-18/h1-3,5-9,11-12,18,22H,4H2/t11-,12-,18-/m0/s1. The highest BCUT2D eigenvalue weighted by Gasteiger charge is 2.38. The number of hydrogen-bond acceptors (Lipinski definition) is 1. The third-order valence-corrected chi connectivity index (χ3v) is 5.47. The minimum Gasteiger partial charge on any atom is -0.378 e. The van der Waals surface area contributed by atoms with Crippen molar-refractivity contribution in [2.75, 3.05) is 5.32 Å². The molecule has 0 saturated heterocycles. The molecule has 2 aromatic rings. The second-order valence-corrected chi connectivity index (χ2v) is 6.64. The first-order valence-electron chi connectivity index (χ1n) is 7.31. The van der Waals surface area contributed by atoms with Gasteiger partial charge in [-0.2, -0.15) is 0 Å². The predicted octanol–water partition coefficient (Wildman–Crippen LogP) is 5.96. The van der Waals surface area contributed by atoms with Crippen LogP contribution in [0.1, 0.15) is 29.5 Å². The molecule has 1 aliphatic carbocycles. The molecule has 0 fully saturated rings. The van der Waals surface area contributed by atoms with E-state index in [0.717, 1.165) is 23.2 Å². The summed E-state index contributed by atoms with van der Waals surface area (Å²) in [5.74, 6) is 0.344. The minimum atomic E-state index is -0.196. The van der Waals surface area contributed by atoms with Crippen LogP contribution in [0.3, 0.4) is 0 Å². The Kier molecular flexibility index (Phi) is 3.39. The molecule has 0 bridgehead atoms. The fourth-order valence-corrected chi connectivity index (χ4v) is 4.06. The molecule has 0 radical (unpaired) electrons. The second-order valence-electron chi connectivity index (χ2n) is 5.85. The van der Waals surface area contributed by atoms with Gasteiger partial charge >= 0.3 is 0 Å². The number of allylic oxidation sites excluding steroid dienone is 2. The molecular formula is C18H14Cl2FN. The Morgan fingerprint density at radius 3 is 2.82 bits per heavy atom. The first kappa shape index (κ1) is 14.1. The van der Waals surface area contributed by atoms with Gasteiger partial charge < -0.3 is 5.32 Å². The summed E-state index contributed by atoms with van der Waals surface area (Å²) in [7, 11) is 0. The number of nitrogens with one attached hydrogen (secondary N) is 1. The van der Waals surface area contributed by atoms with Gasteiger partial charge in [-0.05, 0) is 47.7 Å². The van der Waals surface area contributed by atoms with Crippen LogP contribution in [0, 0.1) is 11.7 Å². The van der Waals surface area contributed by atoms with E-state index in [1.807, 2.05) is 12.1 Å². The highest BCUT2D eigenvalue weighted by atomic mass is 35.5. The van der Waals surface area contributed by atoms with E-state index in [9.17, 15) is 4.39 Å². The Balaban J connectivity index is 1.83. The summed E-state index contributed by atoms with van der Waals surface area (Å²) < 4.78 is 13.6. The molecule has 1 N–H and O–H groups in total. The molecule has 0 spiro atoms. The minimum absolute atomic E-state index is 0.0733. The van der Waals surface area contributed by atoms with E-state index in [4.69, 9.17) is 23.2 Å². The van der Waals surface area contributed by atoms with E-state index in [2.05, 4.69) is 17.5 Å². The number of fused-ring (bicyclic) bond motifs is 3. The molecule has 3 atom stereocenters. The summed E-state index contributed by atoms with van der Waals surface area (Å²) in [6.45, 7) is 0. The predicted molar refractivity (Wildman–Crippen MR) is 89.2 cm³/mol. The normalized spacial score (nSPS) is 25.5. The molecule has 0 aromatic heterocycles. The summed E-state index contributed by atoms with van der Waals surface area (Å²) in [6, 6.07) is 10.7. The van der Waals surface area contributed by atoms with Crippen LogP contribution in [-0.4, -0.2) is 0 Å². The summed E-state index contributed by atoms with van der Waals surface area (Å²) in [5.41, 5.74) is 2.99. The average molecular weight is 334 g/mol. The lowest BCUT2D eigenvalue weighted by Crippen LogP contribution is -2.29. The quantitative estimate of drug-likeness (QED) is 0.635. The fraction of sp³-hybridized carbons (Fsp3) is 0.222. The molecule has 0 unspecified atom stereocenters. The zero-order valence-electron chi connectivity index (χ0n) is 11.7. The van der Waals surface area contributed by atoms with Gasteiger partial charge in [-0.1, -0.05) is 47.5 Å². The van der Waals surface area contributed by atoms with Crippen molar-refractivity contribution in [1.29, 1.82) is 0 Å². The van der Waals surface area contributed by atoms with Crippen LogP contribution >= 0.6 is 23.2 Å². The van der Waals surface area contributed by atoms with Crippen LogP contribution in [0.15, 0.2) is 48.6 Å². The Hall–Kier alpha value is -1.51. The molecule has 1 nitrogen and oxygen atoms in total. The van der Waals surface area contributed by atoms with E-state index < -0.39 is 0 Å².